The summed E-state index contributed by atoms with van der Waals surface area (Å²) in [6.45, 7) is 3.79. The summed E-state index contributed by atoms with van der Waals surface area (Å²) in [4.78, 5) is 56.6. The number of imide groups is 1. The zero-order valence-corrected chi connectivity index (χ0v) is 21.5. The van der Waals surface area contributed by atoms with Crippen LogP contribution in [0.2, 0.25) is 5.02 Å². The first-order valence-corrected chi connectivity index (χ1v) is 14.0. The number of hydrogen-bond donors (Lipinski definition) is 2. The van der Waals surface area contributed by atoms with Gasteiger partial charge in [0.2, 0.25) is 11.8 Å². The fourth-order valence-corrected chi connectivity index (χ4v) is 10.2. The number of fused-ring (bicyclic) bond motifs is 9. The van der Waals surface area contributed by atoms with Crippen LogP contribution in [0.4, 0.5) is 0 Å². The molecule has 184 valence electrons. The number of carbonyl (C=O) groups excluding carboxylic acids is 2. The maximum Gasteiger partial charge on any atom is 0.326 e. The van der Waals surface area contributed by atoms with Gasteiger partial charge >= 0.3 is 10.8 Å². The lowest BCUT2D eigenvalue weighted by Crippen LogP contribution is -2.47. The molecule has 7 unspecified atom stereocenters. The van der Waals surface area contributed by atoms with Crippen LogP contribution < -0.4 is 4.87 Å². The quantitative estimate of drug-likeness (QED) is 0.562. The molecule has 2 aromatic rings. The van der Waals surface area contributed by atoms with Crippen molar-refractivity contribution in [1.29, 1.82) is 0 Å². The van der Waals surface area contributed by atoms with Crippen molar-refractivity contribution >= 4 is 52.5 Å². The Labute approximate surface area is 215 Å². The summed E-state index contributed by atoms with van der Waals surface area (Å²) in [5.41, 5.74) is 1.04. The highest BCUT2D eigenvalue weighted by Gasteiger charge is 2.70. The fraction of sp³-hybridized carbons (Fsp3) is 0.520. The number of H-pyrrole nitrogens is 1. The summed E-state index contributed by atoms with van der Waals surface area (Å²) in [5, 5.41) is 11.4. The maximum absolute atomic E-state index is 13.7. The van der Waals surface area contributed by atoms with Crippen molar-refractivity contribution in [3.8, 4) is 0 Å². The van der Waals surface area contributed by atoms with E-state index >= 15 is 0 Å². The molecule has 4 aliphatic rings. The van der Waals surface area contributed by atoms with Gasteiger partial charge in [-0.1, -0.05) is 48.9 Å². The molecular formula is C25H25ClN2O5S2. The van der Waals surface area contributed by atoms with Crippen molar-refractivity contribution in [2.45, 2.75) is 48.9 Å². The van der Waals surface area contributed by atoms with Gasteiger partial charge in [0.15, 0.2) is 0 Å². The lowest BCUT2D eigenvalue weighted by Gasteiger charge is -2.43. The molecule has 1 aromatic heterocycles. The van der Waals surface area contributed by atoms with Crippen LogP contribution in [0, 0.1) is 35.5 Å². The van der Waals surface area contributed by atoms with Gasteiger partial charge in [-0.2, -0.15) is 0 Å². The zero-order chi connectivity index (χ0) is 24.8. The number of carbonyl (C=O) groups is 3. The SMILES string of the molecule is CC(C)CC(C(=O)O)N1C(=O)C2C3CC(C2C1=O)C1C3Sc2[nH]c(=O)sc2[C@@H]1c1ccc(Cl)cc1. The number of aromatic amines is 1. The number of thiazole rings is 1. The number of aliphatic carboxylic acids is 1. The monoisotopic (exact) mass is 532 g/mol. The molecule has 2 aliphatic carbocycles. The Kier molecular flexibility index (Phi) is 5.47. The predicted molar refractivity (Wildman–Crippen MR) is 133 cm³/mol. The molecule has 2 saturated carbocycles. The van der Waals surface area contributed by atoms with Crippen molar-refractivity contribution in [3.63, 3.8) is 0 Å². The number of nitrogens with zero attached hydrogens (tertiary/aromatic N) is 1. The summed E-state index contributed by atoms with van der Waals surface area (Å²) in [7, 11) is 0. The number of benzene rings is 1. The van der Waals surface area contributed by atoms with Crippen LogP contribution in [0.25, 0.3) is 0 Å². The molecule has 10 heteroatoms. The minimum absolute atomic E-state index is 0.0266. The van der Waals surface area contributed by atoms with E-state index in [1.807, 2.05) is 38.1 Å². The van der Waals surface area contributed by atoms with Crippen LogP contribution >= 0.6 is 34.7 Å². The number of nitrogens with one attached hydrogen (secondary N) is 1. The smallest absolute Gasteiger partial charge is 0.326 e. The van der Waals surface area contributed by atoms with Gasteiger partial charge < -0.3 is 10.1 Å². The van der Waals surface area contributed by atoms with Gasteiger partial charge in [0.1, 0.15) is 6.04 Å². The number of amides is 2. The molecule has 2 bridgehead atoms. The van der Waals surface area contributed by atoms with Crippen LogP contribution in [0.3, 0.4) is 0 Å². The highest BCUT2D eigenvalue weighted by molar-refractivity contribution is 8.00. The molecule has 7 nitrogen and oxygen atoms in total. The van der Waals surface area contributed by atoms with Gasteiger partial charge in [0.05, 0.1) is 16.9 Å². The summed E-state index contributed by atoms with van der Waals surface area (Å²) in [5.74, 6) is -2.77. The molecule has 3 heterocycles. The average Bonchev–Trinajstić information content (AvgIpc) is 3.52. The van der Waals surface area contributed by atoms with E-state index in [1.54, 1.807) is 11.8 Å². The van der Waals surface area contributed by atoms with Crippen LogP contribution in [0.5, 0.6) is 0 Å². The normalized spacial score (nSPS) is 33.7. The molecule has 1 saturated heterocycles. The summed E-state index contributed by atoms with van der Waals surface area (Å²) >= 11 is 8.98. The second-order valence-corrected chi connectivity index (χ2v) is 13.2. The number of carboxylic acids is 1. The molecule has 8 atom stereocenters. The summed E-state index contributed by atoms with van der Waals surface area (Å²) in [6, 6.07) is 6.52. The van der Waals surface area contributed by atoms with Crippen LogP contribution in [0.1, 0.15) is 43.0 Å². The average molecular weight is 533 g/mol. The number of hydrogen-bond acceptors (Lipinski definition) is 6. The topological polar surface area (TPSA) is 108 Å². The first kappa shape index (κ1) is 23.3. The Bertz CT molecular complexity index is 1290. The second kappa shape index (κ2) is 8.21. The third-order valence-corrected chi connectivity index (χ3v) is 11.1. The van der Waals surface area contributed by atoms with Gasteiger partial charge in [-0.25, -0.2) is 4.79 Å². The van der Waals surface area contributed by atoms with E-state index in [-0.39, 0.29) is 57.9 Å². The molecular weight excluding hydrogens is 508 g/mol. The number of aromatic nitrogens is 1. The molecule has 2 aliphatic heterocycles. The van der Waals surface area contributed by atoms with E-state index in [0.29, 0.717) is 5.02 Å². The Hall–Kier alpha value is -2.10. The number of thioether (sulfide) groups is 1. The Balaban J connectivity index is 1.42. The summed E-state index contributed by atoms with van der Waals surface area (Å²) in [6.07, 6.45) is 1.02. The minimum atomic E-state index is -1.13. The molecule has 2 amide bonds. The van der Waals surface area contributed by atoms with Gasteiger partial charge in [-0.15, -0.1) is 11.8 Å². The number of likely N-dealkylation sites (tertiary alicyclic amines) is 1. The highest BCUT2D eigenvalue weighted by atomic mass is 35.5. The summed E-state index contributed by atoms with van der Waals surface area (Å²) < 4.78 is 0. The lowest BCUT2D eigenvalue weighted by molar-refractivity contribution is -0.156. The molecule has 6 rings (SSSR count). The van der Waals surface area contributed by atoms with Gasteiger partial charge in [0.25, 0.3) is 0 Å². The van der Waals surface area contributed by atoms with Gasteiger partial charge in [0, 0.05) is 21.1 Å². The Morgan fingerprint density at radius 1 is 1.14 bits per heavy atom. The number of carboxylic acid groups (broad SMARTS) is 1. The first-order valence-electron chi connectivity index (χ1n) is 11.9. The molecule has 1 aromatic carbocycles. The third-order valence-electron chi connectivity index (χ3n) is 8.28. The van der Waals surface area contributed by atoms with Crippen molar-refractivity contribution in [3.05, 3.63) is 49.4 Å². The van der Waals surface area contributed by atoms with E-state index in [2.05, 4.69) is 4.98 Å². The Morgan fingerprint density at radius 3 is 2.43 bits per heavy atom. The van der Waals surface area contributed by atoms with Crippen LogP contribution in [-0.2, 0) is 14.4 Å². The van der Waals surface area contributed by atoms with Gasteiger partial charge in [-0.3, -0.25) is 19.3 Å². The maximum atomic E-state index is 13.7. The minimum Gasteiger partial charge on any atom is -0.480 e. The third kappa shape index (κ3) is 3.38. The predicted octanol–water partition coefficient (Wildman–Crippen LogP) is 4.06. The van der Waals surface area contributed by atoms with E-state index in [4.69, 9.17) is 11.6 Å². The van der Waals surface area contributed by atoms with Crippen molar-refractivity contribution in [2.24, 2.45) is 35.5 Å². The fourth-order valence-electron chi connectivity index (χ4n) is 7.15. The standard InChI is InChI=1S/C25H25ClN2O5S2/c1-9(2)7-14(24(31)32)28-22(29)17-12-8-13(18(17)23(28)30)19-16(12)15(10-3-5-11(26)6-4-10)20-21(34-19)27-25(33)35-20/h3-6,9,12-19H,7-8H2,1-2H3,(H,27,33)(H,31,32)/t12?,13?,14?,15-,16?,17?,18?,19?/m1/s1. The molecule has 2 N–H and O–H groups in total. The number of halogens is 1. The van der Waals surface area contributed by atoms with Crippen molar-refractivity contribution < 1.29 is 19.5 Å². The highest BCUT2D eigenvalue weighted by Crippen LogP contribution is 2.68. The first-order chi connectivity index (χ1) is 16.7. The molecule has 0 radical (unpaired) electrons. The molecule has 3 fully saturated rings. The van der Waals surface area contributed by atoms with Crippen LogP contribution in [0.15, 0.2) is 34.1 Å². The molecule has 0 spiro atoms. The van der Waals surface area contributed by atoms with Gasteiger partial charge in [-0.05, 0) is 54.2 Å². The van der Waals surface area contributed by atoms with E-state index in [1.165, 1.54) is 11.3 Å². The van der Waals surface area contributed by atoms with E-state index in [0.717, 1.165) is 26.8 Å². The second-order valence-electron chi connectivity index (χ2n) is 10.5. The van der Waals surface area contributed by atoms with Crippen LogP contribution in [-0.4, -0.2) is 44.1 Å². The van der Waals surface area contributed by atoms with E-state index < -0.39 is 23.8 Å². The van der Waals surface area contributed by atoms with Crippen molar-refractivity contribution in [1.82, 2.24) is 9.88 Å². The lowest BCUT2D eigenvalue weighted by atomic mass is 9.68. The largest absolute Gasteiger partial charge is 0.480 e. The number of rotatable bonds is 5. The Morgan fingerprint density at radius 2 is 1.80 bits per heavy atom. The van der Waals surface area contributed by atoms with E-state index in [9.17, 15) is 24.3 Å². The zero-order valence-electron chi connectivity index (χ0n) is 19.1. The van der Waals surface area contributed by atoms with Crippen molar-refractivity contribution in [2.75, 3.05) is 0 Å². The molecule has 35 heavy (non-hydrogen) atoms.